The minimum absolute atomic E-state index is 0.00802. The summed E-state index contributed by atoms with van der Waals surface area (Å²) in [4.78, 5) is 27.9. The summed E-state index contributed by atoms with van der Waals surface area (Å²) in [6.45, 7) is 5.73. The van der Waals surface area contributed by atoms with Crippen LogP contribution >= 0.6 is 0 Å². The number of alkyl carbamates (subject to hydrolysis) is 1. The second-order valence-electron chi connectivity index (χ2n) is 13.2. The third-order valence-corrected chi connectivity index (χ3v) is 10.5. The molecule has 2 aromatic carbocycles. The zero-order chi connectivity index (χ0) is 34.4. The maximum atomic E-state index is 14.2. The average molecular weight is 686 g/mol. The third kappa shape index (κ3) is 8.73. The molecule has 0 aromatic heterocycles. The summed E-state index contributed by atoms with van der Waals surface area (Å²) in [6.07, 6.45) is -0.308. The zero-order valence-corrected chi connectivity index (χ0v) is 28.7. The summed E-state index contributed by atoms with van der Waals surface area (Å²) < 4.78 is 46.5. The van der Waals surface area contributed by atoms with Gasteiger partial charge in [-0.15, -0.1) is 0 Å². The third-order valence-electron chi connectivity index (χ3n) is 8.63. The number of carbonyl (C=O) groups excluding carboxylic acids is 2. The molecule has 0 aliphatic carbocycles. The molecule has 0 spiro atoms. The van der Waals surface area contributed by atoms with E-state index in [0.29, 0.717) is 30.0 Å². The summed E-state index contributed by atoms with van der Waals surface area (Å²) in [5.41, 5.74) is 2.18. The van der Waals surface area contributed by atoms with Gasteiger partial charge in [0.15, 0.2) is 6.29 Å². The first-order valence-corrected chi connectivity index (χ1v) is 17.8. The Hall–Kier alpha value is -3.53. The molecule has 5 rings (SSSR count). The van der Waals surface area contributed by atoms with Gasteiger partial charge in [0.25, 0.3) is 5.91 Å². The predicted molar refractivity (Wildman–Crippen MR) is 180 cm³/mol. The number of benzene rings is 2. The fourth-order valence-corrected chi connectivity index (χ4v) is 7.77. The van der Waals surface area contributed by atoms with Crippen LogP contribution in [0.4, 0.5) is 10.5 Å². The Labute approximate surface area is 282 Å². The Balaban J connectivity index is 1.35. The van der Waals surface area contributed by atoms with Crippen molar-refractivity contribution in [1.82, 2.24) is 19.8 Å². The summed E-state index contributed by atoms with van der Waals surface area (Å²) in [5, 5.41) is 20.3. The lowest BCUT2D eigenvalue weighted by atomic mass is 10.0. The summed E-state index contributed by atoms with van der Waals surface area (Å²) >= 11 is 0. The van der Waals surface area contributed by atoms with Gasteiger partial charge in [-0.3, -0.25) is 4.79 Å². The SMILES string of the molecule is CC(C)CN(CC(O)C(Cc1ccccc1)NC(=O)OC1COC2OCCC12)S(=O)(=O)c1ccc2c(c1)C(=CNCCN(C)C)C(=O)N2. The van der Waals surface area contributed by atoms with E-state index in [4.69, 9.17) is 14.2 Å². The van der Waals surface area contributed by atoms with Gasteiger partial charge in [-0.05, 0) is 56.6 Å². The van der Waals surface area contributed by atoms with Crippen LogP contribution in [-0.4, -0.2) is 113 Å². The molecule has 2 saturated heterocycles. The number of amides is 2. The highest BCUT2D eigenvalue weighted by molar-refractivity contribution is 7.89. The first-order chi connectivity index (χ1) is 22.9. The number of carbonyl (C=O) groups is 2. The highest BCUT2D eigenvalue weighted by Gasteiger charge is 2.44. The van der Waals surface area contributed by atoms with Crippen molar-refractivity contribution in [3.8, 4) is 0 Å². The van der Waals surface area contributed by atoms with E-state index in [1.165, 1.54) is 16.4 Å². The van der Waals surface area contributed by atoms with Gasteiger partial charge in [-0.25, -0.2) is 13.2 Å². The number of hydrogen-bond donors (Lipinski definition) is 4. The molecule has 5 unspecified atom stereocenters. The first kappa shape index (κ1) is 35.8. The summed E-state index contributed by atoms with van der Waals surface area (Å²) in [7, 11) is -0.258. The lowest BCUT2D eigenvalue weighted by molar-refractivity contribution is -0.110. The van der Waals surface area contributed by atoms with Crippen LogP contribution < -0.4 is 16.0 Å². The van der Waals surface area contributed by atoms with Gasteiger partial charge in [-0.2, -0.15) is 4.31 Å². The Morgan fingerprint density at radius 1 is 1.15 bits per heavy atom. The number of aliphatic hydroxyl groups excluding tert-OH is 1. The number of sulfonamides is 1. The van der Waals surface area contributed by atoms with Crippen molar-refractivity contribution < 1.29 is 37.3 Å². The van der Waals surface area contributed by atoms with Crippen LogP contribution in [0.25, 0.3) is 5.57 Å². The molecule has 0 radical (unpaired) electrons. The molecular weight excluding hydrogens is 638 g/mol. The van der Waals surface area contributed by atoms with Crippen LogP contribution in [0.5, 0.6) is 0 Å². The van der Waals surface area contributed by atoms with Crippen molar-refractivity contribution in [3.63, 3.8) is 0 Å². The molecule has 5 atom stereocenters. The largest absolute Gasteiger partial charge is 0.443 e. The van der Waals surface area contributed by atoms with E-state index in [0.717, 1.165) is 18.5 Å². The number of fused-ring (bicyclic) bond motifs is 2. The second kappa shape index (κ2) is 15.8. The number of aliphatic hydroxyl groups is 1. The number of anilines is 1. The van der Waals surface area contributed by atoms with E-state index in [1.807, 2.05) is 63.2 Å². The van der Waals surface area contributed by atoms with E-state index in [1.54, 1.807) is 12.3 Å². The number of rotatable bonds is 15. The lowest BCUT2D eigenvalue weighted by Crippen LogP contribution is -2.51. The van der Waals surface area contributed by atoms with Gasteiger partial charge < -0.3 is 40.2 Å². The summed E-state index contributed by atoms with van der Waals surface area (Å²) in [6, 6.07) is 13.0. The monoisotopic (exact) mass is 685 g/mol. The number of hydrogen-bond acceptors (Lipinski definition) is 10. The minimum Gasteiger partial charge on any atom is -0.443 e. The lowest BCUT2D eigenvalue weighted by Gasteiger charge is -2.31. The molecule has 0 bridgehead atoms. The Kier molecular flexibility index (Phi) is 11.8. The van der Waals surface area contributed by atoms with E-state index < -0.39 is 34.4 Å². The molecule has 3 heterocycles. The van der Waals surface area contributed by atoms with Crippen molar-refractivity contribution in [1.29, 1.82) is 0 Å². The van der Waals surface area contributed by atoms with Gasteiger partial charge >= 0.3 is 6.09 Å². The highest BCUT2D eigenvalue weighted by atomic mass is 32.2. The molecule has 0 saturated carbocycles. The normalized spacial score (nSPS) is 22.5. The van der Waals surface area contributed by atoms with E-state index in [2.05, 4.69) is 16.0 Å². The zero-order valence-electron chi connectivity index (χ0n) is 27.9. The molecule has 262 valence electrons. The smallest absolute Gasteiger partial charge is 0.407 e. The van der Waals surface area contributed by atoms with Crippen LogP contribution in [-0.2, 0) is 35.4 Å². The average Bonchev–Trinajstić information content (AvgIpc) is 3.74. The molecule has 14 heteroatoms. The Morgan fingerprint density at radius 3 is 2.65 bits per heavy atom. The van der Waals surface area contributed by atoms with Crippen LogP contribution in [0, 0.1) is 11.8 Å². The van der Waals surface area contributed by atoms with Gasteiger partial charge in [-0.1, -0.05) is 44.2 Å². The van der Waals surface area contributed by atoms with Crippen molar-refractivity contribution in [2.24, 2.45) is 11.8 Å². The van der Waals surface area contributed by atoms with Crippen LogP contribution in [0.3, 0.4) is 0 Å². The quantitative estimate of drug-likeness (QED) is 0.162. The van der Waals surface area contributed by atoms with Crippen LogP contribution in [0.2, 0.25) is 0 Å². The molecule has 48 heavy (non-hydrogen) atoms. The van der Waals surface area contributed by atoms with Gasteiger partial charge in [0.2, 0.25) is 10.0 Å². The maximum Gasteiger partial charge on any atom is 0.407 e. The van der Waals surface area contributed by atoms with E-state index in [9.17, 15) is 23.1 Å². The number of nitrogens with zero attached hydrogens (tertiary/aromatic N) is 2. The van der Waals surface area contributed by atoms with Crippen molar-refractivity contribution in [2.45, 2.75) is 56.1 Å². The van der Waals surface area contributed by atoms with Gasteiger partial charge in [0, 0.05) is 43.6 Å². The van der Waals surface area contributed by atoms with Crippen LogP contribution in [0.1, 0.15) is 31.4 Å². The number of nitrogens with one attached hydrogen (secondary N) is 3. The van der Waals surface area contributed by atoms with Gasteiger partial charge in [0.1, 0.15) is 6.10 Å². The topological polar surface area (TPSA) is 159 Å². The standard InChI is InChI=1S/C34H47N5O8S/c1-22(2)19-39(48(43,44)24-10-11-28-26(17-24)27(32(41)36-28)18-35-13-14-38(3)4)20-30(40)29(16-23-8-6-5-7-9-23)37-34(42)47-31-21-46-33-25(31)12-15-45-33/h5-11,17-18,22,25,29-31,33,35,40H,12-16,19-21H2,1-4H3,(H,36,41)(H,37,42). The molecule has 2 amide bonds. The van der Waals surface area contributed by atoms with E-state index >= 15 is 0 Å². The Morgan fingerprint density at radius 2 is 1.92 bits per heavy atom. The van der Waals surface area contributed by atoms with Crippen molar-refractivity contribution >= 4 is 33.3 Å². The fourth-order valence-electron chi connectivity index (χ4n) is 6.12. The predicted octanol–water partition coefficient (Wildman–Crippen LogP) is 2.24. The summed E-state index contributed by atoms with van der Waals surface area (Å²) in [5.74, 6) is -0.453. The highest BCUT2D eigenvalue weighted by Crippen LogP contribution is 2.35. The van der Waals surface area contributed by atoms with Gasteiger partial charge in [0.05, 0.1) is 41.7 Å². The van der Waals surface area contributed by atoms with Crippen molar-refractivity contribution in [3.05, 3.63) is 65.9 Å². The molecular formula is C34H47N5O8S. The first-order valence-electron chi connectivity index (χ1n) is 16.4. The number of ether oxygens (including phenoxy) is 3. The fraction of sp³-hybridized carbons (Fsp3) is 0.529. The van der Waals surface area contributed by atoms with Crippen LogP contribution in [0.15, 0.2) is 59.6 Å². The van der Waals surface area contributed by atoms with Crippen molar-refractivity contribution in [2.75, 3.05) is 58.8 Å². The minimum atomic E-state index is -4.15. The second-order valence-corrected chi connectivity index (χ2v) is 15.1. The molecule has 2 aromatic rings. The molecule has 2 fully saturated rings. The maximum absolute atomic E-state index is 14.2. The Bertz CT molecular complexity index is 1570. The molecule has 3 aliphatic rings. The molecule has 3 aliphatic heterocycles. The molecule has 4 N–H and O–H groups in total. The number of likely N-dealkylation sites (N-methyl/N-ethyl adjacent to an activating group) is 1. The molecule has 13 nitrogen and oxygen atoms in total. The van der Waals surface area contributed by atoms with E-state index in [-0.39, 0.29) is 55.0 Å².